The second-order valence-corrected chi connectivity index (χ2v) is 5.85. The van der Waals surface area contributed by atoms with Crippen molar-refractivity contribution in [1.82, 2.24) is 9.78 Å². The Morgan fingerprint density at radius 3 is 2.38 bits per heavy atom. The molecule has 134 valence electrons. The summed E-state index contributed by atoms with van der Waals surface area (Å²) in [5, 5.41) is 6.41. The van der Waals surface area contributed by atoms with E-state index >= 15 is 0 Å². The molecule has 0 atom stereocenters. The fourth-order valence-electron chi connectivity index (χ4n) is 2.71. The molecule has 0 radical (unpaired) electrons. The molecule has 0 aliphatic heterocycles. The Labute approximate surface area is 148 Å². The zero-order valence-corrected chi connectivity index (χ0v) is 14.1. The third-order valence-electron chi connectivity index (χ3n) is 4.02. The van der Waals surface area contributed by atoms with Gasteiger partial charge in [-0.15, -0.1) is 0 Å². The minimum atomic E-state index is -2.70. The van der Waals surface area contributed by atoms with Crippen molar-refractivity contribution in [2.45, 2.75) is 20.4 Å². The number of hydrogen-bond acceptors (Lipinski definition) is 2. The molecule has 0 aliphatic carbocycles. The molecule has 0 spiro atoms. The molecule has 2 aromatic carbocycles. The van der Waals surface area contributed by atoms with Gasteiger partial charge in [0.1, 0.15) is 5.82 Å². The zero-order valence-electron chi connectivity index (χ0n) is 14.1. The van der Waals surface area contributed by atoms with E-state index in [9.17, 15) is 18.0 Å². The summed E-state index contributed by atoms with van der Waals surface area (Å²) in [5.74, 6) is -1.13. The van der Waals surface area contributed by atoms with E-state index in [4.69, 9.17) is 0 Å². The van der Waals surface area contributed by atoms with Crippen LogP contribution >= 0.6 is 0 Å². The first-order chi connectivity index (χ1) is 12.4. The Hall–Kier alpha value is -3.09. The fourth-order valence-corrected chi connectivity index (χ4v) is 2.71. The summed E-state index contributed by atoms with van der Waals surface area (Å²) in [7, 11) is 0. The van der Waals surface area contributed by atoms with Crippen molar-refractivity contribution in [1.29, 1.82) is 0 Å². The Bertz CT molecular complexity index is 929. The molecule has 26 heavy (non-hydrogen) atoms. The Morgan fingerprint density at radius 1 is 1.12 bits per heavy atom. The Balaban J connectivity index is 1.81. The lowest BCUT2D eigenvalue weighted by molar-refractivity contribution is 0.0563. The van der Waals surface area contributed by atoms with E-state index < -0.39 is 18.3 Å². The topological polar surface area (TPSA) is 46.9 Å². The van der Waals surface area contributed by atoms with Crippen molar-refractivity contribution >= 4 is 11.6 Å². The summed E-state index contributed by atoms with van der Waals surface area (Å²) in [6.45, 7) is 0.597. The number of halogens is 3. The van der Waals surface area contributed by atoms with Gasteiger partial charge in [0.05, 0.1) is 11.3 Å². The maximum atomic E-state index is 13.9. The van der Waals surface area contributed by atoms with Gasteiger partial charge in [0.2, 0.25) is 0 Å². The van der Waals surface area contributed by atoms with Gasteiger partial charge in [-0.3, -0.25) is 4.79 Å². The van der Waals surface area contributed by atoms with Crippen molar-refractivity contribution in [2.75, 3.05) is 5.32 Å². The number of carbonyl (C=O) groups excluding carboxylic acids is 1. The number of nitrogens with one attached hydrogen (secondary N) is 1. The van der Waals surface area contributed by atoms with Crippen molar-refractivity contribution < 1.29 is 18.0 Å². The number of alkyl halides is 2. The number of benzene rings is 2. The van der Waals surface area contributed by atoms with E-state index in [1.54, 1.807) is 44.2 Å². The van der Waals surface area contributed by atoms with Crippen LogP contribution in [0.5, 0.6) is 0 Å². The number of aryl methyl sites for hydroxylation is 2. The van der Waals surface area contributed by atoms with Crippen LogP contribution in [0.15, 0.2) is 48.7 Å². The first kappa shape index (κ1) is 17.7. The summed E-state index contributed by atoms with van der Waals surface area (Å²) in [4.78, 5) is 12.3. The molecule has 1 amide bonds. The van der Waals surface area contributed by atoms with Crippen LogP contribution in [0.1, 0.15) is 28.2 Å². The summed E-state index contributed by atoms with van der Waals surface area (Å²) in [5.41, 5.74) is 2.74. The van der Waals surface area contributed by atoms with Crippen LogP contribution in [0.4, 0.5) is 18.9 Å². The predicted octanol–water partition coefficient (Wildman–Crippen LogP) is 4.95. The first-order valence-electron chi connectivity index (χ1n) is 7.87. The number of anilines is 1. The molecule has 7 heteroatoms. The lowest BCUT2D eigenvalue weighted by Crippen LogP contribution is -2.15. The third-order valence-corrected chi connectivity index (χ3v) is 4.02. The summed E-state index contributed by atoms with van der Waals surface area (Å²) in [6, 6.07) is 11.1. The van der Waals surface area contributed by atoms with E-state index in [2.05, 4.69) is 10.4 Å². The maximum absolute atomic E-state index is 13.9. The molecule has 4 nitrogen and oxygen atoms in total. The minimum Gasteiger partial charge on any atom is -0.322 e. The molecular formula is C19H16F3N3O. The van der Waals surface area contributed by atoms with Gasteiger partial charge in [0.25, 0.3) is 5.91 Å². The van der Waals surface area contributed by atoms with Crippen LogP contribution in [0.3, 0.4) is 0 Å². The predicted molar refractivity (Wildman–Crippen MR) is 92.7 cm³/mol. The van der Waals surface area contributed by atoms with Gasteiger partial charge >= 0.3 is 6.55 Å². The monoisotopic (exact) mass is 359 g/mol. The molecule has 1 heterocycles. The molecule has 3 aromatic rings. The minimum absolute atomic E-state index is 0.00868. The molecule has 0 saturated heterocycles. The highest BCUT2D eigenvalue weighted by Gasteiger charge is 2.15. The number of hydrogen-bond donors (Lipinski definition) is 1. The van der Waals surface area contributed by atoms with Crippen LogP contribution in [0.2, 0.25) is 0 Å². The summed E-state index contributed by atoms with van der Waals surface area (Å²) in [6.07, 6.45) is 1.27. The van der Waals surface area contributed by atoms with Crippen LogP contribution in [0, 0.1) is 19.7 Å². The number of aromatic nitrogens is 2. The molecule has 1 N–H and O–H groups in total. The fraction of sp³-hybridized carbons (Fsp3) is 0.158. The van der Waals surface area contributed by atoms with Gasteiger partial charge in [0.15, 0.2) is 0 Å². The van der Waals surface area contributed by atoms with E-state index in [0.29, 0.717) is 32.8 Å². The zero-order chi connectivity index (χ0) is 18.8. The number of amides is 1. The van der Waals surface area contributed by atoms with Gasteiger partial charge in [-0.1, -0.05) is 24.3 Å². The summed E-state index contributed by atoms with van der Waals surface area (Å²) < 4.78 is 39.9. The maximum Gasteiger partial charge on any atom is 0.333 e. The van der Waals surface area contributed by atoms with E-state index in [0.717, 1.165) is 0 Å². The Morgan fingerprint density at radius 2 is 1.81 bits per heavy atom. The molecule has 0 fully saturated rings. The molecule has 1 aromatic heterocycles. The van der Waals surface area contributed by atoms with E-state index in [1.165, 1.54) is 18.3 Å². The molecule has 0 aliphatic rings. The van der Waals surface area contributed by atoms with E-state index in [1.807, 2.05) is 0 Å². The van der Waals surface area contributed by atoms with Gasteiger partial charge < -0.3 is 5.32 Å². The third kappa shape index (κ3) is 3.46. The van der Waals surface area contributed by atoms with Gasteiger partial charge in [0, 0.05) is 17.4 Å². The first-order valence-corrected chi connectivity index (χ1v) is 7.87. The van der Waals surface area contributed by atoms with Crippen molar-refractivity contribution in [2.24, 2.45) is 0 Å². The van der Waals surface area contributed by atoms with Crippen LogP contribution in [-0.2, 0) is 0 Å². The van der Waals surface area contributed by atoms with Crippen molar-refractivity contribution in [3.05, 3.63) is 71.3 Å². The molecule has 0 saturated carbocycles. The molecule has 3 rings (SSSR count). The highest BCUT2D eigenvalue weighted by molar-refractivity contribution is 6.05. The molecule has 0 unspecified atom stereocenters. The average molecular weight is 359 g/mol. The number of rotatable bonds is 4. The number of nitrogens with zero attached hydrogens (tertiary/aromatic N) is 2. The van der Waals surface area contributed by atoms with Crippen LogP contribution < -0.4 is 5.32 Å². The molecule has 0 bridgehead atoms. The SMILES string of the molecule is Cc1cccc(F)c1C(=O)Nc1ccc(-c2cn(C(F)F)nc2C)cc1. The summed E-state index contributed by atoms with van der Waals surface area (Å²) >= 11 is 0. The largest absolute Gasteiger partial charge is 0.333 e. The van der Waals surface area contributed by atoms with Gasteiger partial charge in [-0.05, 0) is 43.2 Å². The van der Waals surface area contributed by atoms with E-state index in [-0.39, 0.29) is 5.56 Å². The van der Waals surface area contributed by atoms with Crippen LogP contribution in [0.25, 0.3) is 11.1 Å². The standard InChI is InChI=1S/C19H16F3N3O/c1-11-4-3-5-16(20)17(11)18(26)23-14-8-6-13(7-9-14)15-10-25(19(21)22)24-12(15)2/h3-10,19H,1-2H3,(H,23,26). The second kappa shape index (κ2) is 7.03. The van der Waals surface area contributed by atoms with Crippen molar-refractivity contribution in [3.8, 4) is 11.1 Å². The van der Waals surface area contributed by atoms with Crippen molar-refractivity contribution in [3.63, 3.8) is 0 Å². The lowest BCUT2D eigenvalue weighted by atomic mass is 10.1. The molecular weight excluding hydrogens is 343 g/mol. The Kier molecular flexibility index (Phi) is 4.79. The normalized spacial score (nSPS) is 11.0. The van der Waals surface area contributed by atoms with Gasteiger partial charge in [-0.2, -0.15) is 13.9 Å². The quantitative estimate of drug-likeness (QED) is 0.716. The van der Waals surface area contributed by atoms with Crippen LogP contribution in [-0.4, -0.2) is 15.7 Å². The number of carbonyl (C=O) groups is 1. The second-order valence-electron chi connectivity index (χ2n) is 5.85. The lowest BCUT2D eigenvalue weighted by Gasteiger charge is -2.09. The smallest absolute Gasteiger partial charge is 0.322 e. The highest BCUT2D eigenvalue weighted by atomic mass is 19.3. The average Bonchev–Trinajstić information content (AvgIpc) is 2.97. The highest BCUT2D eigenvalue weighted by Crippen LogP contribution is 2.26. The van der Waals surface area contributed by atoms with Gasteiger partial charge in [-0.25, -0.2) is 9.07 Å².